The van der Waals surface area contributed by atoms with E-state index < -0.39 is 0 Å². The van der Waals surface area contributed by atoms with Gasteiger partial charge in [-0.15, -0.1) is 0 Å². The summed E-state index contributed by atoms with van der Waals surface area (Å²) in [5.41, 5.74) is 7.09. The highest BCUT2D eigenvalue weighted by molar-refractivity contribution is 5.92. The van der Waals surface area contributed by atoms with Crippen LogP contribution in [0.5, 0.6) is 0 Å². The number of fused-ring (bicyclic) bond motifs is 1. The largest absolute Gasteiger partial charge is 0.383 e. The van der Waals surface area contributed by atoms with Gasteiger partial charge in [0.05, 0.1) is 0 Å². The first-order chi connectivity index (χ1) is 7.00. The second-order valence-electron chi connectivity index (χ2n) is 4.73. The standard InChI is InChI=1S/C12H15N3/c1-12(2,3)10-7-15-11(13)9-6-14-5-4-8(9)10/h4-7H,1-3H3,(H2,13,15). The molecule has 3 nitrogen and oxygen atoms in total. The van der Waals surface area contributed by atoms with Gasteiger partial charge in [-0.05, 0) is 22.4 Å². The van der Waals surface area contributed by atoms with Crippen molar-refractivity contribution in [2.45, 2.75) is 26.2 Å². The van der Waals surface area contributed by atoms with Crippen LogP contribution < -0.4 is 5.73 Å². The molecule has 0 amide bonds. The number of rotatable bonds is 0. The highest BCUT2D eigenvalue weighted by Crippen LogP contribution is 2.30. The summed E-state index contributed by atoms with van der Waals surface area (Å²) in [6.07, 6.45) is 5.42. The lowest BCUT2D eigenvalue weighted by Gasteiger charge is -2.20. The lowest BCUT2D eigenvalue weighted by atomic mass is 9.85. The summed E-state index contributed by atoms with van der Waals surface area (Å²) in [5, 5.41) is 2.08. The molecule has 0 bridgehead atoms. The molecule has 0 saturated heterocycles. The van der Waals surface area contributed by atoms with Crippen LogP contribution in [0.3, 0.4) is 0 Å². The van der Waals surface area contributed by atoms with E-state index in [2.05, 4.69) is 30.7 Å². The maximum Gasteiger partial charge on any atom is 0.132 e. The van der Waals surface area contributed by atoms with E-state index in [0.717, 1.165) is 10.8 Å². The molecule has 0 aliphatic carbocycles. The van der Waals surface area contributed by atoms with Crippen LogP contribution in [0.4, 0.5) is 5.82 Å². The van der Waals surface area contributed by atoms with Crippen LogP contribution in [0.25, 0.3) is 10.8 Å². The van der Waals surface area contributed by atoms with Crippen LogP contribution in [0.2, 0.25) is 0 Å². The van der Waals surface area contributed by atoms with Crippen molar-refractivity contribution < 1.29 is 0 Å². The van der Waals surface area contributed by atoms with Gasteiger partial charge in [0, 0.05) is 24.0 Å². The van der Waals surface area contributed by atoms with Gasteiger partial charge in [0.25, 0.3) is 0 Å². The smallest absolute Gasteiger partial charge is 0.132 e. The summed E-state index contributed by atoms with van der Waals surface area (Å²) in [6.45, 7) is 6.50. The Hall–Kier alpha value is -1.64. The van der Waals surface area contributed by atoms with Crippen LogP contribution in [-0.4, -0.2) is 9.97 Å². The van der Waals surface area contributed by atoms with Gasteiger partial charge in [0.15, 0.2) is 0 Å². The SMILES string of the molecule is CC(C)(C)c1cnc(N)c2cnccc12. The van der Waals surface area contributed by atoms with Crippen molar-refractivity contribution in [2.75, 3.05) is 5.73 Å². The molecule has 2 rings (SSSR count). The van der Waals surface area contributed by atoms with Gasteiger partial charge in [-0.2, -0.15) is 0 Å². The molecule has 0 atom stereocenters. The van der Waals surface area contributed by atoms with Gasteiger partial charge >= 0.3 is 0 Å². The summed E-state index contributed by atoms with van der Waals surface area (Å²) in [7, 11) is 0. The number of anilines is 1. The molecule has 0 spiro atoms. The number of nitrogens with zero attached hydrogens (tertiary/aromatic N) is 2. The highest BCUT2D eigenvalue weighted by atomic mass is 14.8. The minimum absolute atomic E-state index is 0.0697. The second kappa shape index (κ2) is 3.19. The molecule has 0 aliphatic heterocycles. The first kappa shape index (κ1) is 9.90. The zero-order chi connectivity index (χ0) is 11.1. The molecule has 0 fully saturated rings. The molecule has 15 heavy (non-hydrogen) atoms. The molecule has 2 heterocycles. The zero-order valence-electron chi connectivity index (χ0n) is 9.28. The Morgan fingerprint density at radius 2 is 1.87 bits per heavy atom. The van der Waals surface area contributed by atoms with E-state index in [1.165, 1.54) is 5.56 Å². The fraction of sp³-hybridized carbons (Fsp3) is 0.333. The lowest BCUT2D eigenvalue weighted by Crippen LogP contribution is -2.13. The number of aromatic nitrogens is 2. The minimum atomic E-state index is 0.0697. The van der Waals surface area contributed by atoms with Gasteiger partial charge < -0.3 is 5.73 Å². The third-order valence-electron chi connectivity index (χ3n) is 2.53. The number of hydrogen-bond acceptors (Lipinski definition) is 3. The summed E-state index contributed by atoms with van der Waals surface area (Å²) in [6, 6.07) is 1.99. The van der Waals surface area contributed by atoms with Crippen LogP contribution in [0, 0.1) is 0 Å². The molecule has 0 saturated carbocycles. The Kier molecular flexibility index (Phi) is 2.11. The fourth-order valence-corrected chi connectivity index (χ4v) is 1.70. The second-order valence-corrected chi connectivity index (χ2v) is 4.73. The van der Waals surface area contributed by atoms with Crippen molar-refractivity contribution in [1.29, 1.82) is 0 Å². The minimum Gasteiger partial charge on any atom is -0.383 e. The van der Waals surface area contributed by atoms with Gasteiger partial charge in [0.1, 0.15) is 5.82 Å². The molecular formula is C12H15N3. The van der Waals surface area contributed by atoms with E-state index in [4.69, 9.17) is 5.73 Å². The predicted octanol–water partition coefficient (Wildman–Crippen LogP) is 2.51. The summed E-state index contributed by atoms with van der Waals surface area (Å²) in [5.74, 6) is 0.547. The zero-order valence-corrected chi connectivity index (χ0v) is 9.28. The third kappa shape index (κ3) is 1.65. The van der Waals surface area contributed by atoms with Gasteiger partial charge in [-0.25, -0.2) is 4.98 Å². The molecule has 78 valence electrons. The lowest BCUT2D eigenvalue weighted by molar-refractivity contribution is 0.593. The van der Waals surface area contributed by atoms with Crippen molar-refractivity contribution in [3.05, 3.63) is 30.2 Å². The van der Waals surface area contributed by atoms with Crippen LogP contribution in [0.15, 0.2) is 24.7 Å². The molecule has 3 heteroatoms. The van der Waals surface area contributed by atoms with E-state index in [1.54, 1.807) is 12.4 Å². The monoisotopic (exact) mass is 201 g/mol. The van der Waals surface area contributed by atoms with Crippen LogP contribution in [-0.2, 0) is 5.41 Å². The normalized spacial score (nSPS) is 11.9. The Morgan fingerprint density at radius 3 is 2.53 bits per heavy atom. The number of nitrogen functional groups attached to an aromatic ring is 1. The summed E-state index contributed by atoms with van der Waals surface area (Å²) < 4.78 is 0. The molecule has 2 N–H and O–H groups in total. The quantitative estimate of drug-likeness (QED) is 0.712. The van der Waals surface area contributed by atoms with E-state index in [0.29, 0.717) is 5.82 Å². The maximum absolute atomic E-state index is 5.82. The number of pyridine rings is 2. The Balaban J connectivity index is 2.84. The highest BCUT2D eigenvalue weighted by Gasteiger charge is 2.18. The summed E-state index contributed by atoms with van der Waals surface area (Å²) in [4.78, 5) is 8.29. The average Bonchev–Trinajstić information content (AvgIpc) is 2.17. The molecule has 2 aromatic heterocycles. The van der Waals surface area contributed by atoms with Gasteiger partial charge in [-0.3, -0.25) is 4.98 Å². The Bertz CT molecular complexity index is 498. The van der Waals surface area contributed by atoms with Gasteiger partial charge in [0.2, 0.25) is 0 Å². The third-order valence-corrected chi connectivity index (χ3v) is 2.53. The number of nitrogens with two attached hydrogens (primary N) is 1. The number of hydrogen-bond donors (Lipinski definition) is 1. The van der Waals surface area contributed by atoms with E-state index in [1.807, 2.05) is 12.3 Å². The van der Waals surface area contributed by atoms with Crippen LogP contribution in [0.1, 0.15) is 26.3 Å². The first-order valence-electron chi connectivity index (χ1n) is 4.99. The summed E-state index contributed by atoms with van der Waals surface area (Å²) >= 11 is 0. The maximum atomic E-state index is 5.82. The molecule has 2 aromatic rings. The van der Waals surface area contributed by atoms with Crippen molar-refractivity contribution >= 4 is 16.6 Å². The van der Waals surface area contributed by atoms with Crippen molar-refractivity contribution in [2.24, 2.45) is 0 Å². The van der Waals surface area contributed by atoms with Crippen molar-refractivity contribution in [3.63, 3.8) is 0 Å². The predicted molar refractivity (Wildman–Crippen MR) is 62.7 cm³/mol. The molecule has 0 unspecified atom stereocenters. The van der Waals surface area contributed by atoms with Gasteiger partial charge in [-0.1, -0.05) is 20.8 Å². The Morgan fingerprint density at radius 1 is 1.13 bits per heavy atom. The Labute approximate surface area is 89.4 Å². The molecule has 0 aliphatic rings. The fourth-order valence-electron chi connectivity index (χ4n) is 1.70. The van der Waals surface area contributed by atoms with E-state index in [9.17, 15) is 0 Å². The van der Waals surface area contributed by atoms with Crippen molar-refractivity contribution in [1.82, 2.24) is 9.97 Å². The van der Waals surface area contributed by atoms with Crippen molar-refractivity contribution in [3.8, 4) is 0 Å². The average molecular weight is 201 g/mol. The van der Waals surface area contributed by atoms with E-state index in [-0.39, 0.29) is 5.41 Å². The van der Waals surface area contributed by atoms with E-state index >= 15 is 0 Å². The van der Waals surface area contributed by atoms with Crippen LogP contribution >= 0.6 is 0 Å². The molecular weight excluding hydrogens is 186 g/mol. The molecule has 0 aromatic carbocycles. The first-order valence-corrected chi connectivity index (χ1v) is 4.99. The topological polar surface area (TPSA) is 51.8 Å². The molecule has 0 radical (unpaired) electrons.